The van der Waals surface area contributed by atoms with Crippen molar-refractivity contribution in [1.82, 2.24) is 0 Å². The van der Waals surface area contributed by atoms with E-state index in [0.29, 0.717) is 6.42 Å². The first-order valence-corrected chi connectivity index (χ1v) is 6.44. The van der Waals surface area contributed by atoms with Crippen LogP contribution < -0.4 is 0 Å². The number of nitrogens with zero attached hydrogens (tertiary/aromatic N) is 1. The Kier molecular flexibility index (Phi) is 2.82. The molecule has 3 heteroatoms. The van der Waals surface area contributed by atoms with Crippen LogP contribution in [0.4, 0.5) is 0 Å². The Bertz CT molecular complexity index is 663. The summed E-state index contributed by atoms with van der Waals surface area (Å²) in [5.41, 5.74) is 2.04. The molecule has 1 fully saturated rings. The molecule has 0 spiro atoms. The highest BCUT2D eigenvalue weighted by atomic mass is 16.6. The van der Waals surface area contributed by atoms with E-state index in [2.05, 4.69) is 18.7 Å². The molecule has 0 saturated heterocycles. The van der Waals surface area contributed by atoms with Crippen LogP contribution in [0.3, 0.4) is 0 Å². The Morgan fingerprint density at radius 1 is 1.11 bits per heavy atom. The second-order valence-electron chi connectivity index (χ2n) is 5.22. The molecule has 0 heterocycles. The SMILES string of the molecule is C=C1C[C@H](c2ccc3ccccc3c2)[C@@H]([N+](=O)[O-])C1. The van der Waals surface area contributed by atoms with E-state index >= 15 is 0 Å². The molecule has 0 amide bonds. The third-order valence-electron chi connectivity index (χ3n) is 3.94. The first kappa shape index (κ1) is 11.9. The van der Waals surface area contributed by atoms with Gasteiger partial charge in [-0.15, -0.1) is 0 Å². The number of benzene rings is 2. The number of fused-ring (bicyclic) bond motifs is 1. The van der Waals surface area contributed by atoms with Gasteiger partial charge in [-0.2, -0.15) is 0 Å². The minimum Gasteiger partial charge on any atom is -0.264 e. The van der Waals surface area contributed by atoms with Crippen LogP contribution >= 0.6 is 0 Å². The Morgan fingerprint density at radius 2 is 1.84 bits per heavy atom. The van der Waals surface area contributed by atoms with E-state index in [1.54, 1.807) is 0 Å². The fraction of sp³-hybridized carbons (Fsp3) is 0.250. The van der Waals surface area contributed by atoms with E-state index in [9.17, 15) is 10.1 Å². The van der Waals surface area contributed by atoms with Crippen molar-refractivity contribution in [3.8, 4) is 0 Å². The first-order chi connectivity index (χ1) is 9.15. The summed E-state index contributed by atoms with van der Waals surface area (Å²) in [5.74, 6) is -0.0351. The Balaban J connectivity index is 2.03. The lowest BCUT2D eigenvalue weighted by Gasteiger charge is -2.13. The average Bonchev–Trinajstić information content (AvgIpc) is 2.80. The standard InChI is InChI=1S/C16H15NO2/c1-11-8-15(16(9-11)17(18)19)14-7-6-12-4-2-3-5-13(12)10-14/h2-7,10,15-16H,1,8-9H2/t15-,16+/m1/s1. The van der Waals surface area contributed by atoms with Crippen molar-refractivity contribution < 1.29 is 4.92 Å². The zero-order valence-corrected chi connectivity index (χ0v) is 10.6. The summed E-state index contributed by atoms with van der Waals surface area (Å²) >= 11 is 0. The van der Waals surface area contributed by atoms with Crippen molar-refractivity contribution in [2.24, 2.45) is 0 Å². The molecule has 0 unspecified atom stereocenters. The van der Waals surface area contributed by atoms with E-state index in [0.717, 1.165) is 22.9 Å². The van der Waals surface area contributed by atoms with Gasteiger partial charge in [0.1, 0.15) is 0 Å². The highest BCUT2D eigenvalue weighted by Crippen LogP contribution is 2.39. The molecule has 1 saturated carbocycles. The van der Waals surface area contributed by atoms with Crippen LogP contribution in [0.25, 0.3) is 10.8 Å². The smallest absolute Gasteiger partial charge is 0.223 e. The number of rotatable bonds is 2. The summed E-state index contributed by atoms with van der Waals surface area (Å²) in [6, 6.07) is 13.7. The highest BCUT2D eigenvalue weighted by molar-refractivity contribution is 5.83. The monoisotopic (exact) mass is 253 g/mol. The number of nitro groups is 1. The molecule has 0 radical (unpaired) electrons. The molecule has 0 aromatic heterocycles. The predicted octanol–water partition coefficient (Wildman–Crippen LogP) is 3.92. The van der Waals surface area contributed by atoms with Gasteiger partial charge < -0.3 is 0 Å². The maximum absolute atomic E-state index is 11.2. The summed E-state index contributed by atoms with van der Waals surface area (Å²) in [7, 11) is 0. The molecule has 0 bridgehead atoms. The number of hydrogen-bond donors (Lipinski definition) is 0. The minimum atomic E-state index is -0.520. The van der Waals surface area contributed by atoms with Crippen LogP contribution in [0.2, 0.25) is 0 Å². The molecule has 0 aliphatic heterocycles. The van der Waals surface area contributed by atoms with Crippen LogP contribution in [0.15, 0.2) is 54.6 Å². The molecule has 2 aromatic rings. The fourth-order valence-electron chi connectivity index (χ4n) is 2.97. The van der Waals surface area contributed by atoms with Gasteiger partial charge in [0, 0.05) is 11.3 Å². The van der Waals surface area contributed by atoms with Gasteiger partial charge in [-0.1, -0.05) is 54.6 Å². The van der Waals surface area contributed by atoms with Crippen molar-refractivity contribution in [3.63, 3.8) is 0 Å². The van der Waals surface area contributed by atoms with Gasteiger partial charge in [-0.3, -0.25) is 10.1 Å². The van der Waals surface area contributed by atoms with Crippen LogP contribution in [-0.4, -0.2) is 11.0 Å². The van der Waals surface area contributed by atoms with Crippen molar-refractivity contribution in [3.05, 3.63) is 70.3 Å². The second-order valence-corrected chi connectivity index (χ2v) is 5.22. The normalized spacial score (nSPS) is 22.8. The Hall–Kier alpha value is -2.16. The van der Waals surface area contributed by atoms with Crippen LogP contribution in [0.5, 0.6) is 0 Å². The lowest BCUT2D eigenvalue weighted by molar-refractivity contribution is -0.523. The van der Waals surface area contributed by atoms with Crippen LogP contribution in [-0.2, 0) is 0 Å². The Morgan fingerprint density at radius 3 is 2.58 bits per heavy atom. The van der Waals surface area contributed by atoms with Gasteiger partial charge in [-0.25, -0.2) is 0 Å². The van der Waals surface area contributed by atoms with Gasteiger partial charge in [0.05, 0.1) is 5.92 Å². The molecular formula is C16H15NO2. The topological polar surface area (TPSA) is 43.1 Å². The van der Waals surface area contributed by atoms with Gasteiger partial charge in [0.2, 0.25) is 6.04 Å². The molecule has 2 aromatic carbocycles. The van der Waals surface area contributed by atoms with Gasteiger partial charge in [-0.05, 0) is 22.8 Å². The molecule has 1 aliphatic rings. The summed E-state index contributed by atoms with van der Waals surface area (Å²) in [6.07, 6.45) is 1.23. The van der Waals surface area contributed by atoms with E-state index in [1.165, 1.54) is 5.39 Å². The van der Waals surface area contributed by atoms with Crippen molar-refractivity contribution in [2.75, 3.05) is 0 Å². The lowest BCUT2D eigenvalue weighted by Crippen LogP contribution is -2.22. The number of hydrogen-bond acceptors (Lipinski definition) is 2. The third-order valence-corrected chi connectivity index (χ3v) is 3.94. The zero-order chi connectivity index (χ0) is 13.4. The van der Waals surface area contributed by atoms with E-state index < -0.39 is 6.04 Å². The first-order valence-electron chi connectivity index (χ1n) is 6.44. The van der Waals surface area contributed by atoms with Crippen LogP contribution in [0.1, 0.15) is 24.3 Å². The summed E-state index contributed by atoms with van der Waals surface area (Å²) in [6.45, 7) is 3.92. The molecule has 2 atom stereocenters. The summed E-state index contributed by atoms with van der Waals surface area (Å²) in [4.78, 5) is 11.0. The predicted molar refractivity (Wildman–Crippen MR) is 75.8 cm³/mol. The van der Waals surface area contributed by atoms with Crippen LogP contribution in [0, 0.1) is 10.1 Å². The average molecular weight is 253 g/mol. The molecule has 19 heavy (non-hydrogen) atoms. The largest absolute Gasteiger partial charge is 0.264 e. The van der Waals surface area contributed by atoms with Gasteiger partial charge >= 0.3 is 0 Å². The maximum Gasteiger partial charge on any atom is 0.223 e. The molecule has 1 aliphatic carbocycles. The summed E-state index contributed by atoms with van der Waals surface area (Å²) in [5, 5.41) is 13.5. The lowest BCUT2D eigenvalue weighted by atomic mass is 9.92. The third kappa shape index (κ3) is 2.12. The zero-order valence-electron chi connectivity index (χ0n) is 10.6. The molecule has 0 N–H and O–H groups in total. The van der Waals surface area contributed by atoms with Gasteiger partial charge in [0.15, 0.2) is 0 Å². The molecule has 3 nitrogen and oxygen atoms in total. The summed E-state index contributed by atoms with van der Waals surface area (Å²) < 4.78 is 0. The second kappa shape index (κ2) is 4.50. The van der Waals surface area contributed by atoms with Gasteiger partial charge in [0.25, 0.3) is 0 Å². The molecular weight excluding hydrogens is 238 g/mol. The minimum absolute atomic E-state index is 0.0351. The highest BCUT2D eigenvalue weighted by Gasteiger charge is 2.39. The van der Waals surface area contributed by atoms with E-state index in [-0.39, 0.29) is 10.8 Å². The molecule has 96 valence electrons. The van der Waals surface area contributed by atoms with E-state index in [4.69, 9.17) is 0 Å². The fourth-order valence-corrected chi connectivity index (χ4v) is 2.97. The quantitative estimate of drug-likeness (QED) is 0.462. The molecule has 3 rings (SSSR count). The Labute approximate surface area is 111 Å². The van der Waals surface area contributed by atoms with Crippen molar-refractivity contribution in [2.45, 2.75) is 24.8 Å². The maximum atomic E-state index is 11.2. The van der Waals surface area contributed by atoms with Crippen molar-refractivity contribution >= 4 is 10.8 Å². The van der Waals surface area contributed by atoms with E-state index in [1.807, 2.05) is 30.3 Å². The van der Waals surface area contributed by atoms with Crippen molar-refractivity contribution in [1.29, 1.82) is 0 Å².